The molecule has 0 saturated heterocycles. The Labute approximate surface area is 91.4 Å². The summed E-state index contributed by atoms with van der Waals surface area (Å²) in [6, 6.07) is 7.75. The van der Waals surface area contributed by atoms with Gasteiger partial charge >= 0.3 is 0 Å². The van der Waals surface area contributed by atoms with E-state index in [1.165, 1.54) is 12.8 Å². The molecule has 0 spiro atoms. The third kappa shape index (κ3) is 2.65. The van der Waals surface area contributed by atoms with Gasteiger partial charge in [-0.25, -0.2) is 0 Å². The maximum atomic E-state index is 5.91. The molecule has 0 heterocycles. The van der Waals surface area contributed by atoms with Crippen LogP contribution in [0.4, 0.5) is 5.69 Å². The van der Waals surface area contributed by atoms with Gasteiger partial charge in [-0.2, -0.15) is 0 Å². The SMILES string of the molecule is CC1CCC(Oc2ccccc2N)CC1. The molecule has 15 heavy (non-hydrogen) atoms. The Hall–Kier alpha value is -1.18. The molecule has 2 rings (SSSR count). The van der Waals surface area contributed by atoms with Gasteiger partial charge in [-0.3, -0.25) is 0 Å². The van der Waals surface area contributed by atoms with Gasteiger partial charge in [-0.1, -0.05) is 19.1 Å². The van der Waals surface area contributed by atoms with E-state index in [0.29, 0.717) is 6.10 Å². The second-order valence-corrected chi connectivity index (χ2v) is 4.54. The molecule has 1 saturated carbocycles. The van der Waals surface area contributed by atoms with Gasteiger partial charge < -0.3 is 10.5 Å². The van der Waals surface area contributed by atoms with E-state index in [1.54, 1.807) is 0 Å². The standard InChI is InChI=1S/C13H19NO/c1-10-6-8-11(9-7-10)15-13-5-3-2-4-12(13)14/h2-5,10-11H,6-9,14H2,1H3. The van der Waals surface area contributed by atoms with Crippen molar-refractivity contribution in [1.29, 1.82) is 0 Å². The lowest BCUT2D eigenvalue weighted by Gasteiger charge is -2.27. The van der Waals surface area contributed by atoms with Crippen LogP contribution in [0.5, 0.6) is 5.75 Å². The van der Waals surface area contributed by atoms with Gasteiger partial charge in [-0.05, 0) is 43.7 Å². The number of nitrogens with two attached hydrogens (primary N) is 1. The summed E-state index contributed by atoms with van der Waals surface area (Å²) in [6.07, 6.45) is 5.24. The smallest absolute Gasteiger partial charge is 0.142 e. The molecule has 1 aliphatic rings. The third-order valence-corrected chi connectivity index (χ3v) is 3.18. The number of ether oxygens (including phenoxy) is 1. The van der Waals surface area contributed by atoms with Crippen molar-refractivity contribution >= 4 is 5.69 Å². The van der Waals surface area contributed by atoms with Crippen LogP contribution in [0.1, 0.15) is 32.6 Å². The second-order valence-electron chi connectivity index (χ2n) is 4.54. The number of para-hydroxylation sites is 2. The topological polar surface area (TPSA) is 35.2 Å². The molecule has 1 aromatic rings. The minimum Gasteiger partial charge on any atom is -0.488 e. The van der Waals surface area contributed by atoms with Gasteiger partial charge in [0.1, 0.15) is 5.75 Å². The Morgan fingerprint density at radius 1 is 1.13 bits per heavy atom. The van der Waals surface area contributed by atoms with Gasteiger partial charge in [0, 0.05) is 0 Å². The Balaban J connectivity index is 1.95. The molecule has 1 aliphatic carbocycles. The molecule has 2 nitrogen and oxygen atoms in total. The van der Waals surface area contributed by atoms with Crippen LogP contribution in [0.2, 0.25) is 0 Å². The summed E-state index contributed by atoms with van der Waals surface area (Å²) < 4.78 is 5.91. The molecule has 0 atom stereocenters. The van der Waals surface area contributed by atoms with Crippen LogP contribution < -0.4 is 10.5 Å². The van der Waals surface area contributed by atoms with Crippen molar-refractivity contribution in [1.82, 2.24) is 0 Å². The summed E-state index contributed by atoms with van der Waals surface area (Å²) in [5, 5.41) is 0. The molecular weight excluding hydrogens is 186 g/mol. The van der Waals surface area contributed by atoms with Crippen molar-refractivity contribution in [2.45, 2.75) is 38.7 Å². The van der Waals surface area contributed by atoms with Crippen LogP contribution >= 0.6 is 0 Å². The lowest BCUT2D eigenvalue weighted by atomic mass is 9.89. The highest BCUT2D eigenvalue weighted by Gasteiger charge is 2.19. The quantitative estimate of drug-likeness (QED) is 0.752. The maximum absolute atomic E-state index is 5.91. The highest BCUT2D eigenvalue weighted by atomic mass is 16.5. The molecule has 0 amide bonds. The Kier molecular flexibility index (Phi) is 3.14. The monoisotopic (exact) mass is 205 g/mol. The lowest BCUT2D eigenvalue weighted by molar-refractivity contribution is 0.136. The van der Waals surface area contributed by atoms with Crippen molar-refractivity contribution < 1.29 is 4.74 Å². The van der Waals surface area contributed by atoms with E-state index in [-0.39, 0.29) is 0 Å². The van der Waals surface area contributed by atoms with Crippen LogP contribution in [0.25, 0.3) is 0 Å². The first-order valence-corrected chi connectivity index (χ1v) is 5.77. The van der Waals surface area contributed by atoms with E-state index in [9.17, 15) is 0 Å². The van der Waals surface area contributed by atoms with Crippen LogP contribution in [0, 0.1) is 5.92 Å². The molecule has 2 heteroatoms. The van der Waals surface area contributed by atoms with E-state index in [0.717, 1.165) is 30.2 Å². The summed E-state index contributed by atoms with van der Waals surface area (Å²) in [5.41, 5.74) is 6.59. The predicted molar refractivity (Wildman–Crippen MR) is 62.9 cm³/mol. The summed E-state index contributed by atoms with van der Waals surface area (Å²) in [5.74, 6) is 1.70. The van der Waals surface area contributed by atoms with Crippen LogP contribution in [0.3, 0.4) is 0 Å². The van der Waals surface area contributed by atoms with Crippen LogP contribution in [-0.4, -0.2) is 6.10 Å². The summed E-state index contributed by atoms with van der Waals surface area (Å²) >= 11 is 0. The molecule has 1 aromatic carbocycles. The fourth-order valence-electron chi connectivity index (χ4n) is 2.11. The predicted octanol–water partition coefficient (Wildman–Crippen LogP) is 3.23. The lowest BCUT2D eigenvalue weighted by Crippen LogP contribution is -2.23. The fourth-order valence-corrected chi connectivity index (χ4v) is 2.11. The highest BCUT2D eigenvalue weighted by Crippen LogP contribution is 2.29. The third-order valence-electron chi connectivity index (χ3n) is 3.18. The summed E-state index contributed by atoms with van der Waals surface area (Å²) in [7, 11) is 0. The van der Waals surface area contributed by atoms with Gasteiger partial charge in [0.15, 0.2) is 0 Å². The second kappa shape index (κ2) is 4.56. The minimum atomic E-state index is 0.367. The molecule has 0 unspecified atom stereocenters. The average Bonchev–Trinajstić information content (AvgIpc) is 2.25. The van der Waals surface area contributed by atoms with Crippen molar-refractivity contribution in [2.24, 2.45) is 5.92 Å². The van der Waals surface area contributed by atoms with E-state index >= 15 is 0 Å². The maximum Gasteiger partial charge on any atom is 0.142 e. The van der Waals surface area contributed by atoms with Crippen molar-refractivity contribution in [3.05, 3.63) is 24.3 Å². The molecule has 82 valence electrons. The van der Waals surface area contributed by atoms with Gasteiger partial charge in [0.25, 0.3) is 0 Å². The molecule has 1 fully saturated rings. The van der Waals surface area contributed by atoms with E-state index < -0.39 is 0 Å². The largest absolute Gasteiger partial charge is 0.488 e. The Morgan fingerprint density at radius 3 is 2.47 bits per heavy atom. The number of nitrogen functional groups attached to an aromatic ring is 1. The number of hydrogen-bond acceptors (Lipinski definition) is 2. The molecule has 0 aromatic heterocycles. The van der Waals surface area contributed by atoms with E-state index in [4.69, 9.17) is 10.5 Å². The number of rotatable bonds is 2. The van der Waals surface area contributed by atoms with Crippen molar-refractivity contribution in [2.75, 3.05) is 5.73 Å². The first kappa shape index (κ1) is 10.3. The molecule has 0 aliphatic heterocycles. The number of anilines is 1. The van der Waals surface area contributed by atoms with Gasteiger partial charge in [0.05, 0.1) is 11.8 Å². The minimum absolute atomic E-state index is 0.367. The zero-order valence-corrected chi connectivity index (χ0v) is 9.28. The zero-order valence-electron chi connectivity index (χ0n) is 9.28. The fraction of sp³-hybridized carbons (Fsp3) is 0.538. The molecule has 2 N–H and O–H groups in total. The molecular formula is C13H19NO. The first-order chi connectivity index (χ1) is 7.25. The molecule has 0 radical (unpaired) electrons. The number of benzene rings is 1. The Morgan fingerprint density at radius 2 is 1.80 bits per heavy atom. The zero-order chi connectivity index (χ0) is 10.7. The van der Waals surface area contributed by atoms with E-state index in [2.05, 4.69) is 6.92 Å². The van der Waals surface area contributed by atoms with Gasteiger partial charge in [-0.15, -0.1) is 0 Å². The van der Waals surface area contributed by atoms with Crippen LogP contribution in [-0.2, 0) is 0 Å². The van der Waals surface area contributed by atoms with Crippen molar-refractivity contribution in [3.8, 4) is 5.75 Å². The normalized spacial score (nSPS) is 26.2. The highest BCUT2D eigenvalue weighted by molar-refractivity contribution is 5.51. The first-order valence-electron chi connectivity index (χ1n) is 5.77. The molecule has 0 bridgehead atoms. The van der Waals surface area contributed by atoms with Gasteiger partial charge in [0.2, 0.25) is 0 Å². The van der Waals surface area contributed by atoms with Crippen LogP contribution in [0.15, 0.2) is 24.3 Å². The Bertz CT molecular complexity index is 316. The summed E-state index contributed by atoms with van der Waals surface area (Å²) in [6.45, 7) is 2.31. The average molecular weight is 205 g/mol. The van der Waals surface area contributed by atoms with E-state index in [1.807, 2.05) is 24.3 Å². The summed E-state index contributed by atoms with van der Waals surface area (Å²) in [4.78, 5) is 0. The number of hydrogen-bond donors (Lipinski definition) is 1. The van der Waals surface area contributed by atoms with Crippen molar-refractivity contribution in [3.63, 3.8) is 0 Å².